The van der Waals surface area contributed by atoms with Gasteiger partial charge in [-0.05, 0) is 61.6 Å². The van der Waals surface area contributed by atoms with Crippen molar-refractivity contribution in [2.24, 2.45) is 0 Å². The Balaban J connectivity index is 1.58. The molecule has 1 aliphatic rings. The van der Waals surface area contributed by atoms with Gasteiger partial charge in [0.05, 0.1) is 16.6 Å². The van der Waals surface area contributed by atoms with Crippen LogP contribution in [0.25, 0.3) is 5.82 Å². The number of nitrogens with one attached hydrogen (secondary N) is 1. The minimum absolute atomic E-state index is 0.0331. The maximum atomic E-state index is 13.3. The lowest BCUT2D eigenvalue weighted by Crippen LogP contribution is -2.29. The minimum atomic E-state index is -4.52. The number of pyridine rings is 1. The van der Waals surface area contributed by atoms with Crippen molar-refractivity contribution in [1.82, 2.24) is 25.1 Å². The Labute approximate surface area is 175 Å². The van der Waals surface area contributed by atoms with Crippen LogP contribution in [-0.4, -0.2) is 25.7 Å². The summed E-state index contributed by atoms with van der Waals surface area (Å²) in [6, 6.07) is 6.18. The fourth-order valence-electron chi connectivity index (χ4n) is 3.16. The molecule has 0 radical (unpaired) electrons. The number of benzene rings is 1. The molecule has 2 heterocycles. The number of hydrogen-bond donors (Lipinski definition) is 1. The maximum absolute atomic E-state index is 13.3. The fourth-order valence-corrected chi connectivity index (χ4v) is 3.27. The van der Waals surface area contributed by atoms with Crippen LogP contribution in [0.2, 0.25) is 5.02 Å². The lowest BCUT2D eigenvalue weighted by Gasteiger charge is -2.16. The highest BCUT2D eigenvalue weighted by Crippen LogP contribution is 2.42. The zero-order valence-corrected chi connectivity index (χ0v) is 16.6. The number of amides is 1. The molecule has 156 valence electrons. The first-order valence-corrected chi connectivity index (χ1v) is 9.65. The van der Waals surface area contributed by atoms with Crippen LogP contribution in [0.1, 0.15) is 59.0 Å². The number of halogens is 4. The van der Waals surface area contributed by atoms with Crippen molar-refractivity contribution in [3.8, 4) is 5.82 Å². The Bertz CT molecular complexity index is 1080. The van der Waals surface area contributed by atoms with Crippen molar-refractivity contribution in [3.63, 3.8) is 0 Å². The van der Waals surface area contributed by atoms with Gasteiger partial charge in [0.25, 0.3) is 5.91 Å². The summed E-state index contributed by atoms with van der Waals surface area (Å²) in [5, 5.41) is 7.27. The molecule has 0 unspecified atom stereocenters. The van der Waals surface area contributed by atoms with Crippen molar-refractivity contribution >= 4 is 17.5 Å². The molecule has 0 aliphatic heterocycles. The van der Waals surface area contributed by atoms with E-state index in [1.54, 1.807) is 19.1 Å². The summed E-state index contributed by atoms with van der Waals surface area (Å²) in [5.41, 5.74) is -0.316. The van der Waals surface area contributed by atoms with Gasteiger partial charge in [-0.2, -0.15) is 23.0 Å². The molecular formula is C20H17ClF3N5O. The molecule has 2 aromatic heterocycles. The predicted molar refractivity (Wildman–Crippen MR) is 103 cm³/mol. The monoisotopic (exact) mass is 435 g/mol. The molecule has 1 aromatic carbocycles. The normalized spacial score (nSPS) is 15.1. The van der Waals surface area contributed by atoms with E-state index in [1.165, 1.54) is 23.3 Å². The number of nitrogens with zero attached hydrogens (tertiary/aromatic N) is 4. The number of hydrogen-bond acceptors (Lipinski definition) is 4. The number of rotatable bonds is 5. The van der Waals surface area contributed by atoms with Crippen molar-refractivity contribution < 1.29 is 18.0 Å². The van der Waals surface area contributed by atoms with Crippen LogP contribution in [0.5, 0.6) is 0 Å². The van der Waals surface area contributed by atoms with E-state index in [4.69, 9.17) is 11.6 Å². The first-order chi connectivity index (χ1) is 14.2. The highest BCUT2D eigenvalue weighted by Gasteiger charge is 2.34. The second-order valence-corrected chi connectivity index (χ2v) is 7.61. The number of aromatic nitrogens is 4. The van der Waals surface area contributed by atoms with Crippen LogP contribution in [-0.2, 0) is 6.18 Å². The molecule has 0 spiro atoms. The molecule has 1 N–H and O–H groups in total. The summed E-state index contributed by atoms with van der Waals surface area (Å²) in [4.78, 5) is 21.1. The van der Waals surface area contributed by atoms with Gasteiger partial charge in [0, 0.05) is 11.8 Å². The van der Waals surface area contributed by atoms with Gasteiger partial charge in [-0.1, -0.05) is 11.6 Å². The molecule has 0 bridgehead atoms. The van der Waals surface area contributed by atoms with Crippen LogP contribution in [0.3, 0.4) is 0 Å². The maximum Gasteiger partial charge on any atom is 0.416 e. The lowest BCUT2D eigenvalue weighted by molar-refractivity contribution is -0.137. The van der Waals surface area contributed by atoms with E-state index in [0.717, 1.165) is 25.0 Å². The number of carbonyl (C=O) groups excluding carboxylic acids is 1. The van der Waals surface area contributed by atoms with E-state index in [0.29, 0.717) is 22.2 Å². The van der Waals surface area contributed by atoms with Crippen LogP contribution in [0, 0.1) is 0 Å². The van der Waals surface area contributed by atoms with Crippen LogP contribution >= 0.6 is 11.6 Å². The van der Waals surface area contributed by atoms with Gasteiger partial charge in [-0.25, -0.2) is 9.97 Å². The smallest absolute Gasteiger partial charge is 0.342 e. The van der Waals surface area contributed by atoms with Gasteiger partial charge in [-0.15, -0.1) is 0 Å². The summed E-state index contributed by atoms with van der Waals surface area (Å²) >= 11 is 5.85. The summed E-state index contributed by atoms with van der Waals surface area (Å²) < 4.78 is 41.3. The van der Waals surface area contributed by atoms with E-state index < -0.39 is 23.7 Å². The van der Waals surface area contributed by atoms with E-state index in [1.807, 2.05) is 0 Å². The number of alkyl halides is 3. The van der Waals surface area contributed by atoms with Gasteiger partial charge in [0.2, 0.25) is 0 Å². The molecule has 0 saturated heterocycles. The molecule has 1 aliphatic carbocycles. The summed E-state index contributed by atoms with van der Waals surface area (Å²) in [7, 11) is 0. The van der Waals surface area contributed by atoms with Crippen LogP contribution in [0.4, 0.5) is 13.2 Å². The quantitative estimate of drug-likeness (QED) is 0.630. The third-order valence-corrected chi connectivity index (χ3v) is 5.05. The molecule has 30 heavy (non-hydrogen) atoms. The Kier molecular flexibility index (Phi) is 5.23. The SMILES string of the molecule is C[C@H](NC(=O)c1cc(C2CC2)cc(C(F)(F)F)c1)c1ncnn1-c1ccc(Cl)cn1. The molecular weight excluding hydrogens is 419 g/mol. The van der Waals surface area contributed by atoms with Crippen molar-refractivity contribution in [2.75, 3.05) is 0 Å². The topological polar surface area (TPSA) is 72.7 Å². The highest BCUT2D eigenvalue weighted by molar-refractivity contribution is 6.30. The standard InChI is InChI=1S/C20H17ClF3N5O/c1-11(18-26-10-27-29(18)17-5-4-16(21)9-25-17)28-19(30)14-6-13(12-2-3-12)7-15(8-14)20(22,23)24/h4-12H,2-3H2,1H3,(H,28,30)/t11-/m0/s1. The predicted octanol–water partition coefficient (Wildman–Crippen LogP) is 4.70. The summed E-state index contributed by atoms with van der Waals surface area (Å²) in [5.74, 6) is 0.292. The van der Waals surface area contributed by atoms with E-state index in [-0.39, 0.29) is 11.5 Å². The molecule has 1 saturated carbocycles. The van der Waals surface area contributed by atoms with Crippen molar-refractivity contribution in [1.29, 1.82) is 0 Å². The second kappa shape index (κ2) is 7.71. The fraction of sp³-hybridized carbons (Fsp3) is 0.300. The number of carbonyl (C=O) groups is 1. The molecule has 3 aromatic rings. The van der Waals surface area contributed by atoms with Gasteiger partial charge < -0.3 is 5.32 Å². The average Bonchev–Trinajstić information content (AvgIpc) is 3.44. The van der Waals surface area contributed by atoms with Gasteiger partial charge in [0.15, 0.2) is 11.6 Å². The van der Waals surface area contributed by atoms with E-state index in [9.17, 15) is 18.0 Å². The van der Waals surface area contributed by atoms with Crippen molar-refractivity contribution in [2.45, 2.75) is 37.9 Å². The summed E-state index contributed by atoms with van der Waals surface area (Å²) in [6.07, 6.45) is -0.102. The van der Waals surface area contributed by atoms with Gasteiger partial charge >= 0.3 is 6.18 Å². The largest absolute Gasteiger partial charge is 0.416 e. The third-order valence-electron chi connectivity index (χ3n) is 4.83. The molecule has 1 atom stereocenters. The lowest BCUT2D eigenvalue weighted by atomic mass is 10.0. The zero-order chi connectivity index (χ0) is 21.5. The first kappa shape index (κ1) is 20.3. The minimum Gasteiger partial charge on any atom is -0.342 e. The molecule has 6 nitrogen and oxygen atoms in total. The summed E-state index contributed by atoms with van der Waals surface area (Å²) in [6.45, 7) is 1.67. The van der Waals surface area contributed by atoms with Crippen LogP contribution < -0.4 is 5.32 Å². The third kappa shape index (κ3) is 4.30. The molecule has 1 amide bonds. The molecule has 10 heteroatoms. The molecule has 1 fully saturated rings. The van der Waals surface area contributed by atoms with E-state index in [2.05, 4.69) is 20.4 Å². The van der Waals surface area contributed by atoms with Gasteiger partial charge in [-0.3, -0.25) is 4.79 Å². The average molecular weight is 436 g/mol. The zero-order valence-electron chi connectivity index (χ0n) is 15.8. The Morgan fingerprint density at radius 1 is 1.23 bits per heavy atom. The second-order valence-electron chi connectivity index (χ2n) is 7.18. The van der Waals surface area contributed by atoms with Crippen molar-refractivity contribution in [3.05, 3.63) is 70.4 Å². The Morgan fingerprint density at radius 3 is 2.63 bits per heavy atom. The van der Waals surface area contributed by atoms with Gasteiger partial charge in [0.1, 0.15) is 6.33 Å². The Hall–Kier alpha value is -2.94. The first-order valence-electron chi connectivity index (χ1n) is 9.27. The highest BCUT2D eigenvalue weighted by atomic mass is 35.5. The van der Waals surface area contributed by atoms with Crippen LogP contribution in [0.15, 0.2) is 42.9 Å². The molecule has 4 rings (SSSR count). The van der Waals surface area contributed by atoms with E-state index >= 15 is 0 Å². The Morgan fingerprint density at radius 2 is 2.00 bits per heavy atom.